The first-order valence-electron chi connectivity index (χ1n) is 4.39. The fourth-order valence-corrected chi connectivity index (χ4v) is 1.61. The van der Waals surface area contributed by atoms with E-state index in [-0.39, 0.29) is 5.69 Å². The second kappa shape index (κ2) is 4.15. The summed E-state index contributed by atoms with van der Waals surface area (Å²) in [7, 11) is 0. The maximum absolute atomic E-state index is 11.7. The first-order chi connectivity index (χ1) is 7.59. The molecule has 1 heterocycles. The lowest BCUT2D eigenvalue weighted by molar-refractivity contribution is 0.811. The summed E-state index contributed by atoms with van der Waals surface area (Å²) < 4.78 is 1.11. The zero-order chi connectivity index (χ0) is 11.7. The number of hydrogen-bond donors (Lipinski definition) is 1. The molecule has 6 heteroatoms. The maximum Gasteiger partial charge on any atom is 0.294 e. The van der Waals surface area contributed by atoms with E-state index in [1.807, 2.05) is 0 Å². The zero-order valence-electron chi connectivity index (χ0n) is 8.02. The van der Waals surface area contributed by atoms with E-state index in [2.05, 4.69) is 5.10 Å². The summed E-state index contributed by atoms with van der Waals surface area (Å²) in [4.78, 5) is 11.7. The summed E-state index contributed by atoms with van der Waals surface area (Å²) in [6, 6.07) is 6.20. The number of nitrogens with two attached hydrogens (primary N) is 1. The van der Waals surface area contributed by atoms with Crippen LogP contribution in [0, 0.1) is 0 Å². The summed E-state index contributed by atoms with van der Waals surface area (Å²) in [5, 5.41) is 4.74. The quantitative estimate of drug-likeness (QED) is 0.850. The SMILES string of the molecule is Nc1ccnn(-c2cc(Cl)ccc2Cl)c1=O. The third-order valence-corrected chi connectivity index (χ3v) is 2.57. The van der Waals surface area contributed by atoms with Crippen molar-refractivity contribution in [3.63, 3.8) is 0 Å². The lowest BCUT2D eigenvalue weighted by Crippen LogP contribution is -2.23. The van der Waals surface area contributed by atoms with Crippen LogP contribution in [0.1, 0.15) is 0 Å². The van der Waals surface area contributed by atoms with Gasteiger partial charge in [0.05, 0.1) is 16.9 Å². The summed E-state index contributed by atoms with van der Waals surface area (Å²) in [5.74, 6) is 0. The number of nitrogens with zero attached hydrogens (tertiary/aromatic N) is 2. The van der Waals surface area contributed by atoms with Crippen molar-refractivity contribution >= 4 is 28.9 Å². The van der Waals surface area contributed by atoms with Crippen molar-refractivity contribution < 1.29 is 0 Å². The molecule has 82 valence electrons. The normalized spacial score (nSPS) is 10.4. The Morgan fingerprint density at radius 1 is 1.25 bits per heavy atom. The van der Waals surface area contributed by atoms with Gasteiger partial charge in [0.1, 0.15) is 5.69 Å². The van der Waals surface area contributed by atoms with Gasteiger partial charge < -0.3 is 5.73 Å². The molecule has 2 aromatic rings. The van der Waals surface area contributed by atoms with Crippen LogP contribution in [0.3, 0.4) is 0 Å². The molecule has 0 aliphatic rings. The van der Waals surface area contributed by atoms with Crippen LogP contribution in [0.2, 0.25) is 10.0 Å². The van der Waals surface area contributed by atoms with E-state index in [1.165, 1.54) is 12.3 Å². The monoisotopic (exact) mass is 255 g/mol. The minimum absolute atomic E-state index is 0.103. The number of halogens is 2. The molecule has 16 heavy (non-hydrogen) atoms. The van der Waals surface area contributed by atoms with Crippen molar-refractivity contribution in [2.45, 2.75) is 0 Å². The summed E-state index contributed by atoms with van der Waals surface area (Å²) in [6.45, 7) is 0. The van der Waals surface area contributed by atoms with Gasteiger partial charge in [-0.2, -0.15) is 9.78 Å². The molecule has 2 N–H and O–H groups in total. The smallest absolute Gasteiger partial charge is 0.294 e. The first-order valence-corrected chi connectivity index (χ1v) is 5.14. The fourth-order valence-electron chi connectivity index (χ4n) is 1.25. The standard InChI is InChI=1S/C10H7Cl2N3O/c11-6-1-2-7(12)9(5-6)15-10(16)8(13)3-4-14-15/h1-5H,13H2. The van der Waals surface area contributed by atoms with E-state index >= 15 is 0 Å². The van der Waals surface area contributed by atoms with Crippen LogP contribution < -0.4 is 11.3 Å². The van der Waals surface area contributed by atoms with Gasteiger partial charge in [-0.3, -0.25) is 4.79 Å². The van der Waals surface area contributed by atoms with Crippen LogP contribution in [-0.4, -0.2) is 9.78 Å². The predicted octanol–water partition coefficient (Wildman–Crippen LogP) is 2.12. The third kappa shape index (κ3) is 1.89. The van der Waals surface area contributed by atoms with Gasteiger partial charge in [0, 0.05) is 5.02 Å². The van der Waals surface area contributed by atoms with Gasteiger partial charge in [-0.05, 0) is 24.3 Å². The molecule has 0 aliphatic heterocycles. The average Bonchev–Trinajstić information content (AvgIpc) is 2.26. The molecule has 4 nitrogen and oxygen atoms in total. The molecular formula is C10H7Cl2N3O. The van der Waals surface area contributed by atoms with E-state index in [1.54, 1.807) is 18.2 Å². The number of benzene rings is 1. The van der Waals surface area contributed by atoms with E-state index in [9.17, 15) is 4.79 Å². The summed E-state index contributed by atoms with van der Waals surface area (Å²) >= 11 is 11.8. The second-order valence-electron chi connectivity index (χ2n) is 3.10. The highest BCUT2D eigenvalue weighted by Crippen LogP contribution is 2.22. The molecule has 0 fully saturated rings. The van der Waals surface area contributed by atoms with Gasteiger partial charge in [-0.25, -0.2) is 0 Å². The van der Waals surface area contributed by atoms with E-state index in [0.717, 1.165) is 4.68 Å². The fraction of sp³-hybridized carbons (Fsp3) is 0. The molecule has 2 rings (SSSR count). The van der Waals surface area contributed by atoms with Crippen LogP contribution in [0.4, 0.5) is 5.69 Å². The van der Waals surface area contributed by atoms with Crippen molar-refractivity contribution in [2.75, 3.05) is 5.73 Å². The van der Waals surface area contributed by atoms with Gasteiger partial charge in [-0.1, -0.05) is 23.2 Å². The Hall–Kier alpha value is -1.52. The van der Waals surface area contributed by atoms with Crippen LogP contribution in [0.25, 0.3) is 5.69 Å². The highest BCUT2D eigenvalue weighted by Gasteiger charge is 2.08. The Kier molecular flexibility index (Phi) is 2.85. The molecule has 0 bridgehead atoms. The highest BCUT2D eigenvalue weighted by molar-refractivity contribution is 6.34. The van der Waals surface area contributed by atoms with Crippen LogP contribution in [0.15, 0.2) is 35.3 Å². The third-order valence-electron chi connectivity index (χ3n) is 2.01. The zero-order valence-corrected chi connectivity index (χ0v) is 9.53. The van der Waals surface area contributed by atoms with Gasteiger partial charge in [-0.15, -0.1) is 0 Å². The largest absolute Gasteiger partial charge is 0.394 e. The number of hydrogen-bond acceptors (Lipinski definition) is 3. The Morgan fingerprint density at radius 3 is 2.75 bits per heavy atom. The van der Waals surface area contributed by atoms with Gasteiger partial charge in [0.25, 0.3) is 5.56 Å². The van der Waals surface area contributed by atoms with Crippen molar-refractivity contribution in [3.05, 3.63) is 50.9 Å². The van der Waals surface area contributed by atoms with Crippen molar-refractivity contribution in [1.29, 1.82) is 0 Å². The molecular weight excluding hydrogens is 249 g/mol. The minimum atomic E-state index is -0.424. The Balaban J connectivity index is 2.72. The molecule has 0 spiro atoms. The summed E-state index contributed by atoms with van der Waals surface area (Å²) in [5.41, 5.74) is 5.58. The number of nitrogen functional groups attached to an aromatic ring is 1. The Morgan fingerprint density at radius 2 is 2.00 bits per heavy atom. The second-order valence-corrected chi connectivity index (χ2v) is 3.94. The van der Waals surface area contributed by atoms with Crippen molar-refractivity contribution in [3.8, 4) is 5.69 Å². The highest BCUT2D eigenvalue weighted by atomic mass is 35.5. The molecule has 0 unspecified atom stereocenters. The molecule has 0 saturated carbocycles. The first kappa shape index (κ1) is 11.0. The van der Waals surface area contributed by atoms with E-state index in [0.29, 0.717) is 15.7 Å². The predicted molar refractivity (Wildman–Crippen MR) is 64.3 cm³/mol. The Labute approximate surface area is 101 Å². The molecule has 0 atom stereocenters. The van der Waals surface area contributed by atoms with E-state index in [4.69, 9.17) is 28.9 Å². The average molecular weight is 256 g/mol. The molecule has 1 aromatic carbocycles. The van der Waals surface area contributed by atoms with Gasteiger partial charge in [0.15, 0.2) is 0 Å². The van der Waals surface area contributed by atoms with E-state index < -0.39 is 5.56 Å². The molecule has 0 radical (unpaired) electrons. The minimum Gasteiger partial charge on any atom is -0.394 e. The topological polar surface area (TPSA) is 60.9 Å². The van der Waals surface area contributed by atoms with Gasteiger partial charge >= 0.3 is 0 Å². The number of anilines is 1. The van der Waals surface area contributed by atoms with Crippen LogP contribution in [-0.2, 0) is 0 Å². The van der Waals surface area contributed by atoms with Crippen molar-refractivity contribution in [2.24, 2.45) is 0 Å². The molecule has 0 amide bonds. The lowest BCUT2D eigenvalue weighted by Gasteiger charge is -2.07. The Bertz CT molecular complexity index is 595. The lowest BCUT2D eigenvalue weighted by atomic mass is 10.3. The van der Waals surface area contributed by atoms with Crippen LogP contribution >= 0.6 is 23.2 Å². The van der Waals surface area contributed by atoms with Crippen molar-refractivity contribution in [1.82, 2.24) is 9.78 Å². The number of aromatic nitrogens is 2. The molecule has 0 saturated heterocycles. The maximum atomic E-state index is 11.7. The van der Waals surface area contributed by atoms with Gasteiger partial charge in [0.2, 0.25) is 0 Å². The molecule has 0 aliphatic carbocycles. The molecule has 1 aromatic heterocycles. The summed E-state index contributed by atoms with van der Waals surface area (Å²) in [6.07, 6.45) is 1.42. The van der Waals surface area contributed by atoms with Crippen LogP contribution in [0.5, 0.6) is 0 Å². The number of rotatable bonds is 1.